The highest BCUT2D eigenvalue weighted by atomic mass is 19.1. The second-order valence-corrected chi connectivity index (χ2v) is 6.59. The lowest BCUT2D eigenvalue weighted by Crippen LogP contribution is -2.33. The summed E-state index contributed by atoms with van der Waals surface area (Å²) < 4.78 is 15.0. The molecule has 23 heavy (non-hydrogen) atoms. The van der Waals surface area contributed by atoms with Crippen molar-refractivity contribution in [2.75, 3.05) is 13.1 Å². The van der Waals surface area contributed by atoms with E-state index in [1.54, 1.807) is 10.9 Å². The highest BCUT2D eigenvalue weighted by molar-refractivity contribution is 5.96. The van der Waals surface area contributed by atoms with Crippen LogP contribution < -0.4 is 10.6 Å². The molecule has 1 aromatic rings. The van der Waals surface area contributed by atoms with Gasteiger partial charge in [-0.15, -0.1) is 0 Å². The van der Waals surface area contributed by atoms with E-state index in [2.05, 4.69) is 15.7 Å². The van der Waals surface area contributed by atoms with Crippen LogP contribution in [0.3, 0.4) is 0 Å². The van der Waals surface area contributed by atoms with E-state index < -0.39 is 17.6 Å². The Bertz CT molecular complexity index is 646. The Labute approximate surface area is 133 Å². The van der Waals surface area contributed by atoms with Gasteiger partial charge < -0.3 is 15.7 Å². The molecular formula is C15H21FN4O3. The lowest BCUT2D eigenvalue weighted by molar-refractivity contribution is 0.0945. The first-order valence-corrected chi connectivity index (χ1v) is 7.36. The van der Waals surface area contributed by atoms with Crippen LogP contribution in [0, 0.1) is 5.41 Å². The summed E-state index contributed by atoms with van der Waals surface area (Å²) in [6.45, 7) is 6.09. The van der Waals surface area contributed by atoms with Crippen LogP contribution in [0.2, 0.25) is 0 Å². The largest absolute Gasteiger partial charge is 0.465 e. The molecule has 0 fully saturated rings. The van der Waals surface area contributed by atoms with Gasteiger partial charge in [0, 0.05) is 31.3 Å². The van der Waals surface area contributed by atoms with Crippen molar-refractivity contribution in [1.82, 2.24) is 20.4 Å². The van der Waals surface area contributed by atoms with Crippen LogP contribution in [0.1, 0.15) is 42.9 Å². The van der Waals surface area contributed by atoms with Crippen molar-refractivity contribution in [3.8, 4) is 0 Å². The summed E-state index contributed by atoms with van der Waals surface area (Å²) in [5.74, 6) is -0.195. The third-order valence-electron chi connectivity index (χ3n) is 3.72. The number of nitrogens with one attached hydrogen (secondary N) is 2. The average Bonchev–Trinajstić information content (AvgIpc) is 2.86. The first kappa shape index (κ1) is 17.0. The number of hydrogen-bond acceptors (Lipinski definition) is 3. The third-order valence-corrected chi connectivity index (χ3v) is 3.72. The number of amides is 2. The third kappa shape index (κ3) is 3.69. The lowest BCUT2D eigenvalue weighted by Gasteiger charge is -2.32. The highest BCUT2D eigenvalue weighted by Gasteiger charge is 2.33. The molecule has 0 bridgehead atoms. The number of nitrogens with zero attached hydrogens (tertiary/aromatic N) is 2. The monoisotopic (exact) mass is 324 g/mol. The molecule has 1 aliphatic rings. The van der Waals surface area contributed by atoms with Crippen molar-refractivity contribution in [3.05, 3.63) is 29.4 Å². The van der Waals surface area contributed by atoms with Gasteiger partial charge in [0.25, 0.3) is 5.91 Å². The number of hydrogen-bond donors (Lipinski definition) is 3. The average molecular weight is 324 g/mol. The maximum absolute atomic E-state index is 13.4. The Kier molecular flexibility index (Phi) is 4.72. The van der Waals surface area contributed by atoms with Crippen LogP contribution in [0.15, 0.2) is 18.1 Å². The summed E-state index contributed by atoms with van der Waals surface area (Å²) in [5.41, 5.74) is 0.978. The van der Waals surface area contributed by atoms with Crippen LogP contribution in [-0.2, 0) is 6.42 Å². The van der Waals surface area contributed by atoms with E-state index in [-0.39, 0.29) is 18.0 Å². The SMILES string of the molecule is CC(C)(C)C(C(=CF)CNC(=O)O)n1cc2c(n1)CCNC2=O. The standard InChI is InChI=1S/C15H21FN4O3/c1-15(2,3)12(9(6-16)7-18-14(22)23)20-8-10-11(19-20)4-5-17-13(10)21/h6,8,12,18H,4-5,7H2,1-3H3,(H,17,21)(H,22,23). The molecule has 0 aliphatic carbocycles. The summed E-state index contributed by atoms with van der Waals surface area (Å²) in [5, 5.41) is 18.1. The minimum Gasteiger partial charge on any atom is -0.465 e. The fourth-order valence-electron chi connectivity index (χ4n) is 2.82. The van der Waals surface area contributed by atoms with Crippen molar-refractivity contribution < 1.29 is 19.1 Å². The van der Waals surface area contributed by atoms with E-state index >= 15 is 0 Å². The fraction of sp³-hybridized carbons (Fsp3) is 0.533. The number of halogens is 1. The van der Waals surface area contributed by atoms with E-state index in [4.69, 9.17) is 5.11 Å². The molecule has 8 heteroatoms. The Morgan fingerprint density at radius 1 is 1.61 bits per heavy atom. The maximum atomic E-state index is 13.4. The van der Waals surface area contributed by atoms with E-state index in [0.717, 1.165) is 0 Å². The van der Waals surface area contributed by atoms with Crippen LogP contribution in [-0.4, -0.2) is 40.0 Å². The van der Waals surface area contributed by atoms with Crippen molar-refractivity contribution in [2.45, 2.75) is 33.2 Å². The van der Waals surface area contributed by atoms with Crippen molar-refractivity contribution in [1.29, 1.82) is 0 Å². The number of rotatable bonds is 4. The molecule has 3 N–H and O–H groups in total. The molecule has 0 spiro atoms. The molecule has 0 saturated heterocycles. The second kappa shape index (κ2) is 6.39. The fourth-order valence-corrected chi connectivity index (χ4v) is 2.82. The number of carbonyl (C=O) groups excluding carboxylic acids is 1. The van der Waals surface area contributed by atoms with Gasteiger partial charge in [-0.2, -0.15) is 5.10 Å². The van der Waals surface area contributed by atoms with Crippen molar-refractivity contribution in [3.63, 3.8) is 0 Å². The molecule has 0 saturated carbocycles. The number of fused-ring (bicyclic) bond motifs is 1. The van der Waals surface area contributed by atoms with Gasteiger partial charge in [-0.3, -0.25) is 9.48 Å². The Morgan fingerprint density at radius 2 is 2.30 bits per heavy atom. The predicted molar refractivity (Wildman–Crippen MR) is 82.0 cm³/mol. The minimum atomic E-state index is -1.23. The van der Waals surface area contributed by atoms with E-state index in [1.165, 1.54) is 0 Å². The van der Waals surface area contributed by atoms with Gasteiger partial charge in [0.1, 0.15) is 0 Å². The van der Waals surface area contributed by atoms with Crippen LogP contribution in [0.5, 0.6) is 0 Å². The minimum absolute atomic E-state index is 0.148. The number of carboxylic acid groups (broad SMARTS) is 1. The first-order chi connectivity index (χ1) is 10.7. The summed E-state index contributed by atoms with van der Waals surface area (Å²) >= 11 is 0. The molecule has 7 nitrogen and oxygen atoms in total. The lowest BCUT2D eigenvalue weighted by atomic mass is 9.82. The molecule has 0 aromatic carbocycles. The quantitative estimate of drug-likeness (QED) is 0.788. The van der Waals surface area contributed by atoms with E-state index in [9.17, 15) is 14.0 Å². The molecular weight excluding hydrogens is 303 g/mol. The van der Waals surface area contributed by atoms with Crippen LogP contribution >= 0.6 is 0 Å². The molecule has 0 radical (unpaired) electrons. The van der Waals surface area contributed by atoms with Gasteiger partial charge in [-0.25, -0.2) is 9.18 Å². The summed E-state index contributed by atoms with van der Waals surface area (Å²) in [6, 6.07) is -0.516. The summed E-state index contributed by atoms with van der Waals surface area (Å²) in [4.78, 5) is 22.6. The molecule has 2 heterocycles. The van der Waals surface area contributed by atoms with E-state index in [0.29, 0.717) is 30.6 Å². The van der Waals surface area contributed by atoms with Gasteiger partial charge in [-0.1, -0.05) is 20.8 Å². The topological polar surface area (TPSA) is 96.2 Å². The molecule has 1 aromatic heterocycles. The predicted octanol–water partition coefficient (Wildman–Crippen LogP) is 1.88. The normalized spacial score (nSPS) is 16.5. The number of aromatic nitrogens is 2. The zero-order valence-corrected chi connectivity index (χ0v) is 13.4. The van der Waals surface area contributed by atoms with Crippen LogP contribution in [0.4, 0.5) is 9.18 Å². The molecule has 2 amide bonds. The summed E-state index contributed by atoms with van der Waals surface area (Å²) in [7, 11) is 0. The molecule has 1 atom stereocenters. The zero-order chi connectivity index (χ0) is 17.2. The Hall–Kier alpha value is -2.38. The van der Waals surface area contributed by atoms with Gasteiger partial charge in [0.2, 0.25) is 0 Å². The van der Waals surface area contributed by atoms with Gasteiger partial charge in [0.15, 0.2) is 0 Å². The molecule has 126 valence electrons. The van der Waals surface area contributed by atoms with Gasteiger partial charge >= 0.3 is 6.09 Å². The number of carbonyl (C=O) groups is 2. The van der Waals surface area contributed by atoms with Gasteiger partial charge in [-0.05, 0) is 5.41 Å². The summed E-state index contributed by atoms with van der Waals surface area (Å²) in [6.07, 6.45) is 1.40. The Morgan fingerprint density at radius 3 is 2.83 bits per heavy atom. The molecule has 1 aliphatic heterocycles. The molecule has 1 unspecified atom stereocenters. The highest BCUT2D eigenvalue weighted by Crippen LogP contribution is 2.36. The molecule has 2 rings (SSSR count). The van der Waals surface area contributed by atoms with Crippen LogP contribution in [0.25, 0.3) is 0 Å². The zero-order valence-electron chi connectivity index (χ0n) is 13.4. The maximum Gasteiger partial charge on any atom is 0.404 e. The van der Waals surface area contributed by atoms with E-state index in [1.807, 2.05) is 20.8 Å². The smallest absolute Gasteiger partial charge is 0.404 e. The van der Waals surface area contributed by atoms with Crippen molar-refractivity contribution >= 4 is 12.0 Å². The van der Waals surface area contributed by atoms with Crippen molar-refractivity contribution in [2.24, 2.45) is 5.41 Å². The Balaban J connectivity index is 2.39. The second-order valence-electron chi connectivity index (χ2n) is 6.59. The first-order valence-electron chi connectivity index (χ1n) is 7.36. The van der Waals surface area contributed by atoms with Gasteiger partial charge in [0.05, 0.1) is 23.6 Å².